The van der Waals surface area contributed by atoms with Crippen LogP contribution in [0.15, 0.2) is 89.8 Å². The number of anilines is 2. The molecule has 1 amide bonds. The van der Waals surface area contributed by atoms with Gasteiger partial charge in [-0.3, -0.25) is 9.52 Å². The Labute approximate surface area is 212 Å². The lowest BCUT2D eigenvalue weighted by Crippen LogP contribution is -2.15. The normalized spacial score (nSPS) is 11.6. The molecule has 0 aliphatic heterocycles. The van der Waals surface area contributed by atoms with Gasteiger partial charge >= 0.3 is 0 Å². The predicted octanol–water partition coefficient (Wildman–Crippen LogP) is 6.66. The number of halogens is 2. The van der Waals surface area contributed by atoms with Crippen LogP contribution in [0.5, 0.6) is 0 Å². The number of hydrogen-bond donors (Lipinski definition) is 2. The van der Waals surface area contributed by atoms with Crippen LogP contribution in [-0.4, -0.2) is 18.9 Å². The summed E-state index contributed by atoms with van der Waals surface area (Å²) in [6.45, 7) is 2.83. The van der Waals surface area contributed by atoms with Crippen molar-refractivity contribution in [1.82, 2.24) is 4.57 Å². The van der Waals surface area contributed by atoms with Crippen molar-refractivity contribution in [3.8, 4) is 0 Å². The van der Waals surface area contributed by atoms with Crippen LogP contribution < -0.4 is 10.0 Å². The Hall–Kier alpha value is -3.88. The molecule has 0 saturated heterocycles. The average Bonchev–Trinajstić information content (AvgIpc) is 3.18. The molecule has 9 heteroatoms. The third kappa shape index (κ3) is 4.41. The van der Waals surface area contributed by atoms with E-state index in [2.05, 4.69) is 21.5 Å². The number of hydrogen-bond acceptors (Lipinski definition) is 3. The Bertz CT molecular complexity index is 1730. The van der Waals surface area contributed by atoms with Gasteiger partial charge in [-0.05, 0) is 73.7 Å². The zero-order valence-electron chi connectivity index (χ0n) is 19.1. The van der Waals surface area contributed by atoms with Crippen LogP contribution in [0.3, 0.4) is 0 Å². The van der Waals surface area contributed by atoms with Crippen LogP contribution in [0.1, 0.15) is 17.3 Å². The highest BCUT2D eigenvalue weighted by Gasteiger charge is 2.19. The molecule has 0 radical (unpaired) electrons. The summed E-state index contributed by atoms with van der Waals surface area (Å²) in [7, 11) is -4.08. The van der Waals surface area contributed by atoms with Crippen molar-refractivity contribution < 1.29 is 17.6 Å². The number of fused-ring (bicyclic) bond motifs is 3. The summed E-state index contributed by atoms with van der Waals surface area (Å²) in [6, 6.07) is 22.7. The Morgan fingerprint density at radius 3 is 2.36 bits per heavy atom. The van der Waals surface area contributed by atoms with Gasteiger partial charge in [0.1, 0.15) is 5.82 Å². The van der Waals surface area contributed by atoms with Crippen molar-refractivity contribution in [2.24, 2.45) is 0 Å². The van der Waals surface area contributed by atoms with Gasteiger partial charge in [0.05, 0.1) is 10.6 Å². The fraction of sp³-hybridized carbons (Fsp3) is 0.0741. The summed E-state index contributed by atoms with van der Waals surface area (Å²) in [6.07, 6.45) is 0. The van der Waals surface area contributed by atoms with E-state index in [4.69, 9.17) is 11.6 Å². The van der Waals surface area contributed by atoms with Crippen molar-refractivity contribution >= 4 is 60.7 Å². The third-order valence-electron chi connectivity index (χ3n) is 5.95. The molecule has 36 heavy (non-hydrogen) atoms. The van der Waals surface area contributed by atoms with Gasteiger partial charge in [-0.1, -0.05) is 29.8 Å². The number of nitrogens with zero attached hydrogens (tertiary/aromatic N) is 1. The molecule has 0 spiro atoms. The number of benzene rings is 4. The summed E-state index contributed by atoms with van der Waals surface area (Å²) < 4.78 is 45.5. The van der Waals surface area contributed by atoms with Gasteiger partial charge in [0.2, 0.25) is 0 Å². The van der Waals surface area contributed by atoms with E-state index in [-0.39, 0.29) is 16.1 Å². The molecule has 0 aliphatic rings. The van der Waals surface area contributed by atoms with Crippen LogP contribution >= 0.6 is 11.6 Å². The molecule has 0 atom stereocenters. The number of carbonyl (C=O) groups excluding carboxylic acids is 1. The first-order valence-corrected chi connectivity index (χ1v) is 13.0. The fourth-order valence-corrected chi connectivity index (χ4v) is 5.42. The van der Waals surface area contributed by atoms with E-state index in [1.807, 2.05) is 30.3 Å². The lowest BCUT2D eigenvalue weighted by Gasteiger charge is -2.11. The largest absolute Gasteiger partial charge is 0.341 e. The molecule has 182 valence electrons. The van der Waals surface area contributed by atoms with E-state index in [0.29, 0.717) is 10.7 Å². The topological polar surface area (TPSA) is 80.2 Å². The Morgan fingerprint density at radius 1 is 0.917 bits per heavy atom. The number of sulfonamides is 1. The quantitative estimate of drug-likeness (QED) is 0.262. The van der Waals surface area contributed by atoms with Crippen LogP contribution in [0.4, 0.5) is 15.8 Å². The van der Waals surface area contributed by atoms with E-state index < -0.39 is 21.7 Å². The molecule has 0 fully saturated rings. The van der Waals surface area contributed by atoms with Gasteiger partial charge < -0.3 is 9.88 Å². The Morgan fingerprint density at radius 2 is 1.64 bits per heavy atom. The van der Waals surface area contributed by atoms with Crippen LogP contribution in [-0.2, 0) is 16.6 Å². The number of nitrogens with one attached hydrogen (secondary N) is 2. The summed E-state index contributed by atoms with van der Waals surface area (Å²) in [5.74, 6) is -1.42. The SMILES string of the molecule is CCn1c2ccccc2c2cc(NS(=O)(=O)c3ccc(NC(=O)c4ccc(Cl)cc4)c(F)c3)ccc21. The van der Waals surface area contributed by atoms with Gasteiger partial charge in [0.25, 0.3) is 15.9 Å². The van der Waals surface area contributed by atoms with E-state index in [1.54, 1.807) is 24.3 Å². The lowest BCUT2D eigenvalue weighted by molar-refractivity contribution is 0.102. The van der Waals surface area contributed by atoms with Gasteiger partial charge in [0, 0.05) is 44.6 Å². The number of aromatic nitrogens is 1. The molecule has 5 rings (SSSR count). The van der Waals surface area contributed by atoms with E-state index in [0.717, 1.165) is 34.4 Å². The maximum absolute atomic E-state index is 14.8. The first kappa shape index (κ1) is 23.8. The summed E-state index contributed by atoms with van der Waals surface area (Å²) >= 11 is 5.83. The lowest BCUT2D eigenvalue weighted by atomic mass is 10.1. The molecule has 4 aromatic carbocycles. The van der Waals surface area contributed by atoms with Crippen molar-refractivity contribution in [1.29, 1.82) is 0 Å². The molecule has 1 heterocycles. The Kier molecular flexibility index (Phi) is 6.15. The molecule has 1 aromatic heterocycles. The smallest absolute Gasteiger partial charge is 0.261 e. The number of para-hydroxylation sites is 1. The minimum absolute atomic E-state index is 0.136. The molecular weight excluding hydrogens is 501 g/mol. The highest BCUT2D eigenvalue weighted by molar-refractivity contribution is 7.92. The first-order valence-electron chi connectivity index (χ1n) is 11.2. The van der Waals surface area contributed by atoms with Crippen LogP contribution in [0.2, 0.25) is 5.02 Å². The summed E-state index contributed by atoms with van der Waals surface area (Å²) in [5.41, 5.74) is 2.57. The fourth-order valence-electron chi connectivity index (χ4n) is 4.23. The maximum atomic E-state index is 14.8. The molecule has 2 N–H and O–H groups in total. The number of amides is 1. The van der Waals surface area contributed by atoms with Gasteiger partial charge in [-0.15, -0.1) is 0 Å². The number of aryl methyl sites for hydroxylation is 1. The highest BCUT2D eigenvalue weighted by Crippen LogP contribution is 2.32. The number of carbonyl (C=O) groups is 1. The molecule has 0 aliphatic carbocycles. The van der Waals surface area contributed by atoms with Crippen molar-refractivity contribution in [3.63, 3.8) is 0 Å². The number of rotatable bonds is 6. The summed E-state index contributed by atoms with van der Waals surface area (Å²) in [4.78, 5) is 12.1. The summed E-state index contributed by atoms with van der Waals surface area (Å²) in [5, 5.41) is 4.84. The van der Waals surface area contributed by atoms with Crippen molar-refractivity contribution in [2.75, 3.05) is 10.0 Å². The second kappa shape index (κ2) is 9.29. The van der Waals surface area contributed by atoms with Crippen LogP contribution in [0, 0.1) is 5.82 Å². The molecule has 0 unspecified atom stereocenters. The van der Waals surface area contributed by atoms with E-state index in [9.17, 15) is 17.6 Å². The average molecular weight is 522 g/mol. The Balaban J connectivity index is 1.41. The molecular formula is C27H21ClFN3O3S. The van der Waals surface area contributed by atoms with Crippen molar-refractivity contribution in [2.45, 2.75) is 18.4 Å². The van der Waals surface area contributed by atoms with E-state index >= 15 is 0 Å². The van der Waals surface area contributed by atoms with Crippen molar-refractivity contribution in [3.05, 3.63) is 101 Å². The van der Waals surface area contributed by atoms with Crippen LogP contribution in [0.25, 0.3) is 21.8 Å². The minimum atomic E-state index is -4.08. The third-order valence-corrected chi connectivity index (χ3v) is 7.58. The van der Waals surface area contributed by atoms with E-state index in [1.165, 1.54) is 24.3 Å². The highest BCUT2D eigenvalue weighted by atomic mass is 35.5. The van der Waals surface area contributed by atoms with Gasteiger partial charge in [-0.25, -0.2) is 12.8 Å². The monoisotopic (exact) mass is 521 g/mol. The molecule has 0 saturated carbocycles. The molecule has 5 aromatic rings. The zero-order valence-corrected chi connectivity index (χ0v) is 20.7. The molecule has 6 nitrogen and oxygen atoms in total. The zero-order chi connectivity index (χ0) is 25.4. The second-order valence-corrected chi connectivity index (χ2v) is 10.3. The van der Waals surface area contributed by atoms with Gasteiger partial charge in [-0.2, -0.15) is 0 Å². The maximum Gasteiger partial charge on any atom is 0.261 e. The minimum Gasteiger partial charge on any atom is -0.341 e. The first-order chi connectivity index (χ1) is 17.3. The van der Waals surface area contributed by atoms with Gasteiger partial charge in [0.15, 0.2) is 0 Å². The standard InChI is InChI=1S/C27H21ClFN3O3S/c1-2-32-25-6-4-3-5-21(25)22-15-19(11-14-26(22)32)31-36(34,35)20-12-13-24(23(29)16-20)30-27(33)17-7-9-18(28)10-8-17/h3-16,31H,2H2,1H3,(H,30,33). The molecule has 0 bridgehead atoms. The predicted molar refractivity (Wildman–Crippen MR) is 142 cm³/mol. The second-order valence-electron chi connectivity index (χ2n) is 8.20.